The molecule has 0 saturated carbocycles. The largest absolute Gasteiger partial charge is 0.426 e. The predicted octanol–water partition coefficient (Wildman–Crippen LogP) is 6.76. The smallest absolute Gasteiger partial charge is 0.311 e. The molecule has 1 atom stereocenters. The number of hydrogen-bond acceptors (Lipinski definition) is 3. The van der Waals surface area contributed by atoms with Crippen molar-refractivity contribution in [3.05, 3.63) is 65.2 Å². The SMILES string of the molecule is CCCC(=O)Oc1ccc(C)cc1[C@H](CCN(C(C)C)C(C)C)c1ccccc1.Cl. The molecule has 0 saturated heterocycles. The number of carbonyl (C=O) groups excluding carboxylic acids is 1. The third kappa shape index (κ3) is 7.45. The number of esters is 1. The standard InChI is InChI=1S/C26H37NO2.ClH/c1-7-11-26(28)29-25-15-14-21(6)18-24(25)23(22-12-9-8-10-13-22)16-17-27(19(2)3)20(4)5;/h8-10,12-15,18-20,23H,7,11,16-17H2,1-6H3;1H/t23-;/m1./s1. The highest BCUT2D eigenvalue weighted by Crippen LogP contribution is 2.36. The minimum Gasteiger partial charge on any atom is -0.426 e. The van der Waals surface area contributed by atoms with Gasteiger partial charge in [0, 0.05) is 30.0 Å². The Morgan fingerprint density at radius 1 is 1.00 bits per heavy atom. The highest BCUT2D eigenvalue weighted by molar-refractivity contribution is 5.85. The van der Waals surface area contributed by atoms with Crippen LogP contribution in [0.1, 0.15) is 76.5 Å². The maximum absolute atomic E-state index is 12.2. The zero-order valence-corrected chi connectivity index (χ0v) is 20.2. The molecule has 166 valence electrons. The molecule has 0 spiro atoms. The van der Waals surface area contributed by atoms with E-state index in [0.717, 1.165) is 24.9 Å². The van der Waals surface area contributed by atoms with Gasteiger partial charge in [-0.05, 0) is 65.6 Å². The van der Waals surface area contributed by atoms with E-state index in [2.05, 4.69) is 69.9 Å². The summed E-state index contributed by atoms with van der Waals surface area (Å²) in [5.74, 6) is 0.722. The van der Waals surface area contributed by atoms with E-state index < -0.39 is 0 Å². The molecule has 0 unspecified atom stereocenters. The van der Waals surface area contributed by atoms with Gasteiger partial charge in [0.05, 0.1) is 0 Å². The maximum Gasteiger partial charge on any atom is 0.311 e. The van der Waals surface area contributed by atoms with Crippen molar-refractivity contribution < 1.29 is 9.53 Å². The van der Waals surface area contributed by atoms with Crippen molar-refractivity contribution in [2.45, 2.75) is 78.8 Å². The van der Waals surface area contributed by atoms with E-state index in [4.69, 9.17) is 4.74 Å². The van der Waals surface area contributed by atoms with E-state index >= 15 is 0 Å². The van der Waals surface area contributed by atoms with Crippen LogP contribution in [0.2, 0.25) is 0 Å². The Morgan fingerprint density at radius 2 is 1.63 bits per heavy atom. The van der Waals surface area contributed by atoms with Crippen LogP contribution in [0.4, 0.5) is 0 Å². The molecule has 0 radical (unpaired) electrons. The van der Waals surface area contributed by atoms with Gasteiger partial charge in [0.1, 0.15) is 5.75 Å². The van der Waals surface area contributed by atoms with Crippen LogP contribution in [0.25, 0.3) is 0 Å². The lowest BCUT2D eigenvalue weighted by Crippen LogP contribution is -2.38. The minimum absolute atomic E-state index is 0. The van der Waals surface area contributed by atoms with Crippen molar-refractivity contribution in [2.24, 2.45) is 0 Å². The quantitative estimate of drug-likeness (QED) is 0.307. The van der Waals surface area contributed by atoms with Crippen molar-refractivity contribution in [1.82, 2.24) is 4.90 Å². The van der Waals surface area contributed by atoms with Crippen LogP contribution >= 0.6 is 12.4 Å². The summed E-state index contributed by atoms with van der Waals surface area (Å²) >= 11 is 0. The molecule has 0 heterocycles. The van der Waals surface area contributed by atoms with Gasteiger partial charge in [-0.2, -0.15) is 0 Å². The first kappa shape index (κ1) is 26.2. The average Bonchev–Trinajstić information content (AvgIpc) is 2.67. The van der Waals surface area contributed by atoms with Crippen molar-refractivity contribution in [3.8, 4) is 5.75 Å². The lowest BCUT2D eigenvalue weighted by Gasteiger charge is -2.32. The molecule has 0 aliphatic rings. The molecular weight excluding hydrogens is 394 g/mol. The third-order valence-electron chi connectivity index (χ3n) is 5.42. The lowest BCUT2D eigenvalue weighted by atomic mass is 9.86. The topological polar surface area (TPSA) is 29.5 Å². The molecule has 4 heteroatoms. The van der Waals surface area contributed by atoms with Gasteiger partial charge in [-0.15, -0.1) is 12.4 Å². The molecule has 0 aliphatic carbocycles. The fourth-order valence-electron chi connectivity index (χ4n) is 3.99. The van der Waals surface area contributed by atoms with Gasteiger partial charge in [-0.1, -0.05) is 55.0 Å². The van der Waals surface area contributed by atoms with E-state index in [0.29, 0.717) is 24.3 Å². The molecule has 0 bridgehead atoms. The Kier molecular flexibility index (Phi) is 11.1. The Labute approximate surface area is 189 Å². The molecule has 2 rings (SSSR count). The number of nitrogens with zero attached hydrogens (tertiary/aromatic N) is 1. The van der Waals surface area contributed by atoms with E-state index in [1.807, 2.05) is 25.1 Å². The summed E-state index contributed by atoms with van der Waals surface area (Å²) in [4.78, 5) is 14.7. The summed E-state index contributed by atoms with van der Waals surface area (Å²) in [6.07, 6.45) is 2.21. The number of ether oxygens (including phenoxy) is 1. The highest BCUT2D eigenvalue weighted by atomic mass is 35.5. The molecule has 3 nitrogen and oxygen atoms in total. The van der Waals surface area contributed by atoms with Crippen molar-refractivity contribution in [2.75, 3.05) is 6.54 Å². The Morgan fingerprint density at radius 3 is 2.20 bits per heavy atom. The van der Waals surface area contributed by atoms with E-state index in [9.17, 15) is 4.79 Å². The fourth-order valence-corrected chi connectivity index (χ4v) is 3.99. The fraction of sp³-hybridized carbons (Fsp3) is 0.500. The van der Waals surface area contributed by atoms with Gasteiger partial charge in [-0.3, -0.25) is 9.69 Å². The van der Waals surface area contributed by atoms with Crippen LogP contribution in [0, 0.1) is 6.92 Å². The molecular formula is C26H38ClNO2. The summed E-state index contributed by atoms with van der Waals surface area (Å²) in [5.41, 5.74) is 3.55. The lowest BCUT2D eigenvalue weighted by molar-refractivity contribution is -0.134. The summed E-state index contributed by atoms with van der Waals surface area (Å²) < 4.78 is 5.79. The van der Waals surface area contributed by atoms with Gasteiger partial charge < -0.3 is 4.74 Å². The molecule has 0 fully saturated rings. The Bertz CT molecular complexity index is 766. The maximum atomic E-state index is 12.2. The van der Waals surface area contributed by atoms with Crippen LogP contribution in [-0.4, -0.2) is 29.5 Å². The molecule has 2 aromatic carbocycles. The van der Waals surface area contributed by atoms with Crippen molar-refractivity contribution in [3.63, 3.8) is 0 Å². The summed E-state index contributed by atoms with van der Waals surface area (Å²) in [6, 6.07) is 17.7. The predicted molar refractivity (Wildman–Crippen MR) is 129 cm³/mol. The van der Waals surface area contributed by atoms with Gasteiger partial charge >= 0.3 is 5.97 Å². The Hall–Kier alpha value is -1.84. The number of aryl methyl sites for hydroxylation is 1. The average molecular weight is 432 g/mol. The zero-order valence-electron chi connectivity index (χ0n) is 19.4. The van der Waals surface area contributed by atoms with Crippen LogP contribution < -0.4 is 4.74 Å². The van der Waals surface area contributed by atoms with E-state index in [-0.39, 0.29) is 24.3 Å². The number of halogens is 1. The third-order valence-corrected chi connectivity index (χ3v) is 5.42. The molecule has 0 aromatic heterocycles. The van der Waals surface area contributed by atoms with Crippen LogP contribution in [0.3, 0.4) is 0 Å². The second kappa shape index (κ2) is 12.8. The normalized spacial score (nSPS) is 12.2. The second-order valence-electron chi connectivity index (χ2n) is 8.44. The van der Waals surface area contributed by atoms with Crippen molar-refractivity contribution in [1.29, 1.82) is 0 Å². The monoisotopic (exact) mass is 431 g/mol. The van der Waals surface area contributed by atoms with Crippen LogP contribution in [-0.2, 0) is 4.79 Å². The first-order valence-corrected chi connectivity index (χ1v) is 10.9. The summed E-state index contributed by atoms with van der Waals surface area (Å²) in [6.45, 7) is 14.1. The van der Waals surface area contributed by atoms with E-state index in [1.165, 1.54) is 11.1 Å². The van der Waals surface area contributed by atoms with E-state index in [1.54, 1.807) is 0 Å². The molecule has 2 aromatic rings. The number of carbonyl (C=O) groups is 1. The van der Waals surface area contributed by atoms with Gasteiger partial charge in [0.2, 0.25) is 0 Å². The summed E-state index contributed by atoms with van der Waals surface area (Å²) in [7, 11) is 0. The van der Waals surface area contributed by atoms with Gasteiger partial charge in [0.25, 0.3) is 0 Å². The number of hydrogen-bond donors (Lipinski definition) is 0. The zero-order chi connectivity index (χ0) is 21.4. The second-order valence-corrected chi connectivity index (χ2v) is 8.44. The Balaban J connectivity index is 0.00000450. The van der Waals surface area contributed by atoms with Gasteiger partial charge in [-0.25, -0.2) is 0 Å². The number of rotatable bonds is 10. The molecule has 0 aliphatic heterocycles. The molecule has 0 amide bonds. The first-order chi connectivity index (χ1) is 13.8. The molecule has 0 N–H and O–H groups in total. The van der Waals surface area contributed by atoms with Crippen LogP contribution in [0.5, 0.6) is 5.75 Å². The van der Waals surface area contributed by atoms with Crippen molar-refractivity contribution >= 4 is 18.4 Å². The summed E-state index contributed by atoms with van der Waals surface area (Å²) in [5, 5.41) is 0. The first-order valence-electron chi connectivity index (χ1n) is 10.9. The molecule has 30 heavy (non-hydrogen) atoms. The van der Waals surface area contributed by atoms with Crippen LogP contribution in [0.15, 0.2) is 48.5 Å². The minimum atomic E-state index is -0.157. The highest BCUT2D eigenvalue weighted by Gasteiger charge is 2.23. The number of benzene rings is 2. The van der Waals surface area contributed by atoms with Gasteiger partial charge in [0.15, 0.2) is 0 Å².